The van der Waals surface area contributed by atoms with Crippen LogP contribution >= 0.6 is 11.4 Å². The van der Waals surface area contributed by atoms with E-state index in [0.29, 0.717) is 22.6 Å². The van der Waals surface area contributed by atoms with Crippen molar-refractivity contribution in [3.05, 3.63) is 81.8 Å². The zero-order chi connectivity index (χ0) is 25.1. The third kappa shape index (κ3) is 5.93. The second-order valence-electron chi connectivity index (χ2n) is 8.72. The maximum Gasteiger partial charge on any atom is 0.271 e. The fraction of sp³-hybridized carbons (Fsp3) is 0.308. The summed E-state index contributed by atoms with van der Waals surface area (Å²) in [5.74, 6) is -0.918. The van der Waals surface area contributed by atoms with Crippen molar-refractivity contribution in [2.45, 2.75) is 46.1 Å². The molecular weight excluding hydrogens is 467 g/mol. The maximum absolute atomic E-state index is 15.0. The Morgan fingerprint density at radius 2 is 1.97 bits per heavy atom. The number of nitrogens with one attached hydrogen (secondary N) is 1. The van der Waals surface area contributed by atoms with E-state index in [1.807, 2.05) is 32.0 Å². The Hall–Kier alpha value is -3.14. The van der Waals surface area contributed by atoms with Crippen LogP contribution in [0.4, 0.5) is 4.39 Å². The summed E-state index contributed by atoms with van der Waals surface area (Å²) in [6, 6.07) is 12.5. The van der Waals surface area contributed by atoms with E-state index < -0.39 is 11.7 Å². The van der Waals surface area contributed by atoms with Gasteiger partial charge >= 0.3 is 0 Å². The first-order chi connectivity index (χ1) is 16.8. The van der Waals surface area contributed by atoms with Gasteiger partial charge in [0.15, 0.2) is 16.7 Å². The number of halogens is 1. The summed E-state index contributed by atoms with van der Waals surface area (Å²) >= 11 is 0.579. The van der Waals surface area contributed by atoms with Gasteiger partial charge in [-0.3, -0.25) is 10.2 Å². The van der Waals surface area contributed by atoms with Gasteiger partial charge in [0.1, 0.15) is 5.56 Å². The molecule has 184 valence electrons. The number of aliphatic hydroxyl groups excluding tert-OH is 1. The summed E-state index contributed by atoms with van der Waals surface area (Å²) in [5, 5.41) is 19.9. The molecule has 1 aliphatic carbocycles. The van der Waals surface area contributed by atoms with Crippen LogP contribution in [-0.4, -0.2) is 37.7 Å². The lowest BCUT2D eigenvalue weighted by Gasteiger charge is -2.23. The first-order valence-corrected chi connectivity index (χ1v) is 12.7. The number of carbonyl (C=O) groups is 1. The van der Waals surface area contributed by atoms with Crippen LogP contribution in [0.1, 0.15) is 57.1 Å². The van der Waals surface area contributed by atoms with Gasteiger partial charge in [0, 0.05) is 0 Å². The standard InChI is InChI=1S/C26H29FN4O3S/c1-15-8-9-19(16(2)12-15)14-31(26(33)35-4)30-24(32)21-13-17(3)28-29-25(21)34-22-7-5-6-20(23(22)27)18-10-11-18/h5-9,12-13,18,33,35H,10-11,14H2,1-4H3,(H,30,32). The number of thiol groups is 1. The van der Waals surface area contributed by atoms with Gasteiger partial charge in [0.05, 0.1) is 12.2 Å². The lowest BCUT2D eigenvalue weighted by atomic mass is 10.1. The molecule has 0 bridgehead atoms. The number of nitrogens with zero attached hydrogens (tertiary/aromatic N) is 3. The SMILES string of the molecule is C[SH]=C(O)N(Cc1ccc(C)cc1C)NC(=O)c1cc(C)nnc1Oc1cccc(C2CC2)c1F. The lowest BCUT2D eigenvalue weighted by molar-refractivity contribution is 0.0846. The van der Waals surface area contributed by atoms with Gasteiger partial charge in [-0.25, -0.2) is 4.39 Å². The van der Waals surface area contributed by atoms with E-state index in [-0.39, 0.29) is 34.8 Å². The Morgan fingerprint density at radius 3 is 2.66 bits per heavy atom. The quantitative estimate of drug-likeness (QED) is 0.250. The molecule has 1 fully saturated rings. The second-order valence-corrected chi connectivity index (χ2v) is 9.57. The topological polar surface area (TPSA) is 87.6 Å². The molecule has 9 heteroatoms. The molecule has 1 amide bonds. The van der Waals surface area contributed by atoms with Crippen LogP contribution in [0, 0.1) is 26.6 Å². The largest absolute Gasteiger partial charge is 0.434 e. The molecule has 3 aromatic rings. The Morgan fingerprint density at radius 1 is 1.20 bits per heavy atom. The van der Waals surface area contributed by atoms with Gasteiger partial charge in [-0.1, -0.05) is 35.9 Å². The van der Waals surface area contributed by atoms with Crippen molar-refractivity contribution >= 4 is 22.4 Å². The highest BCUT2D eigenvalue weighted by molar-refractivity contribution is 7.97. The average molecular weight is 497 g/mol. The summed E-state index contributed by atoms with van der Waals surface area (Å²) < 4.78 is 20.8. The number of hydrazine groups is 1. The van der Waals surface area contributed by atoms with Crippen LogP contribution in [0.3, 0.4) is 0 Å². The molecule has 1 heterocycles. The average Bonchev–Trinajstić information content (AvgIpc) is 3.67. The molecule has 1 aromatic heterocycles. The van der Waals surface area contributed by atoms with Gasteiger partial charge in [-0.05, 0) is 74.6 Å². The molecule has 0 aliphatic heterocycles. The number of hydrogen-bond donors (Lipinski definition) is 3. The van der Waals surface area contributed by atoms with Crippen molar-refractivity contribution in [3.63, 3.8) is 0 Å². The third-order valence-corrected chi connectivity index (χ3v) is 6.49. The minimum Gasteiger partial charge on any atom is -0.434 e. The van der Waals surface area contributed by atoms with Crippen LogP contribution in [0.15, 0.2) is 42.5 Å². The summed E-state index contributed by atoms with van der Waals surface area (Å²) in [5.41, 5.74) is 7.05. The first kappa shape index (κ1) is 25.0. The van der Waals surface area contributed by atoms with Gasteiger partial charge in [-0.15, -0.1) is 5.10 Å². The molecule has 0 saturated heterocycles. The van der Waals surface area contributed by atoms with Crippen LogP contribution in [0.5, 0.6) is 11.6 Å². The number of hydrogen-bond acceptors (Lipinski definition) is 4. The van der Waals surface area contributed by atoms with E-state index in [4.69, 9.17) is 4.74 Å². The van der Waals surface area contributed by atoms with E-state index in [1.54, 1.807) is 25.3 Å². The Kier molecular flexibility index (Phi) is 7.59. The number of ether oxygens (including phenoxy) is 1. The molecule has 4 rings (SSSR count). The van der Waals surface area contributed by atoms with Gasteiger partial charge in [-0.2, -0.15) is 21.5 Å². The summed E-state index contributed by atoms with van der Waals surface area (Å²) in [6.45, 7) is 5.95. The molecule has 0 radical (unpaired) electrons. The Balaban J connectivity index is 1.60. The van der Waals surface area contributed by atoms with E-state index >= 15 is 4.39 Å². The van der Waals surface area contributed by atoms with Crippen molar-refractivity contribution in [2.24, 2.45) is 0 Å². The molecule has 0 spiro atoms. The summed E-state index contributed by atoms with van der Waals surface area (Å²) in [4.78, 5) is 13.3. The minimum absolute atomic E-state index is 0.00442. The van der Waals surface area contributed by atoms with Crippen LogP contribution in [0.25, 0.3) is 0 Å². The van der Waals surface area contributed by atoms with Crippen LogP contribution < -0.4 is 10.2 Å². The smallest absolute Gasteiger partial charge is 0.271 e. The van der Waals surface area contributed by atoms with Crippen LogP contribution in [-0.2, 0) is 6.54 Å². The fourth-order valence-electron chi connectivity index (χ4n) is 3.79. The minimum atomic E-state index is -0.559. The monoisotopic (exact) mass is 496 g/mol. The van der Waals surface area contributed by atoms with Crippen molar-refractivity contribution in [1.82, 2.24) is 20.6 Å². The highest BCUT2D eigenvalue weighted by Crippen LogP contribution is 2.43. The fourth-order valence-corrected chi connectivity index (χ4v) is 4.16. The normalized spacial score (nSPS) is 14.0. The summed E-state index contributed by atoms with van der Waals surface area (Å²) in [6.07, 6.45) is 3.66. The highest BCUT2D eigenvalue weighted by atomic mass is 32.1. The van der Waals surface area contributed by atoms with Gasteiger partial charge in [0.2, 0.25) is 0 Å². The van der Waals surface area contributed by atoms with Crippen molar-refractivity contribution in [1.29, 1.82) is 0 Å². The van der Waals surface area contributed by atoms with Crippen LogP contribution in [0.2, 0.25) is 0 Å². The Labute approximate surface area is 207 Å². The maximum atomic E-state index is 15.0. The van der Waals surface area contributed by atoms with E-state index in [0.717, 1.165) is 29.5 Å². The number of amides is 1. The van der Waals surface area contributed by atoms with Gasteiger partial charge < -0.3 is 9.84 Å². The third-order valence-electron chi connectivity index (χ3n) is 5.85. The zero-order valence-electron chi connectivity index (χ0n) is 20.2. The predicted molar refractivity (Wildman–Crippen MR) is 137 cm³/mol. The molecular formula is C26H29FN4O3S. The van der Waals surface area contributed by atoms with Crippen molar-refractivity contribution in [2.75, 3.05) is 6.26 Å². The van der Waals surface area contributed by atoms with Crippen molar-refractivity contribution < 1.29 is 19.0 Å². The zero-order valence-corrected chi connectivity index (χ0v) is 21.1. The number of rotatable bonds is 6. The van der Waals surface area contributed by atoms with Gasteiger partial charge in [0.25, 0.3) is 11.8 Å². The number of aryl methyl sites for hydroxylation is 3. The number of carbonyl (C=O) groups excluding carboxylic acids is 1. The molecule has 35 heavy (non-hydrogen) atoms. The molecule has 0 atom stereocenters. The molecule has 2 N–H and O–H groups in total. The van der Waals surface area contributed by atoms with E-state index in [1.165, 1.54) is 17.1 Å². The molecule has 1 aliphatic rings. The molecule has 0 unspecified atom stereocenters. The molecule has 2 aromatic carbocycles. The first-order valence-electron chi connectivity index (χ1n) is 11.4. The molecule has 7 nitrogen and oxygen atoms in total. The second kappa shape index (κ2) is 10.6. The van der Waals surface area contributed by atoms with E-state index in [2.05, 4.69) is 15.6 Å². The number of benzene rings is 2. The van der Waals surface area contributed by atoms with Crippen molar-refractivity contribution in [3.8, 4) is 11.6 Å². The number of aromatic nitrogens is 2. The highest BCUT2D eigenvalue weighted by Gasteiger charge is 2.28. The Bertz CT molecular complexity index is 1290. The van der Waals surface area contributed by atoms with E-state index in [9.17, 15) is 9.90 Å². The number of aliphatic hydroxyl groups is 1. The molecule has 1 saturated carbocycles. The lowest BCUT2D eigenvalue weighted by Crippen LogP contribution is -2.45. The summed E-state index contributed by atoms with van der Waals surface area (Å²) in [7, 11) is 0. The predicted octanol–water partition coefficient (Wildman–Crippen LogP) is 5.10.